The van der Waals surface area contributed by atoms with Crippen LogP contribution in [-0.4, -0.2) is 47.6 Å². The third kappa shape index (κ3) is 3.87. The van der Waals surface area contributed by atoms with Crippen LogP contribution in [0.25, 0.3) is 0 Å². The molecule has 0 spiro atoms. The molecule has 0 aromatic heterocycles. The van der Waals surface area contributed by atoms with E-state index in [1.54, 1.807) is 0 Å². The molecule has 0 amide bonds. The van der Waals surface area contributed by atoms with E-state index in [4.69, 9.17) is 0 Å². The molecule has 1 saturated carbocycles. The van der Waals surface area contributed by atoms with Crippen molar-refractivity contribution >= 4 is 11.8 Å². The molecule has 1 heterocycles. The van der Waals surface area contributed by atoms with Gasteiger partial charge < -0.3 is 5.32 Å². The molecule has 0 radical (unpaired) electrons. The minimum Gasteiger partial charge on any atom is -0.310 e. The van der Waals surface area contributed by atoms with Crippen LogP contribution in [-0.2, 0) is 0 Å². The quantitative estimate of drug-likeness (QED) is 0.832. The highest BCUT2D eigenvalue weighted by molar-refractivity contribution is 7.99. The van der Waals surface area contributed by atoms with Crippen molar-refractivity contribution in [2.75, 3.05) is 19.3 Å². The summed E-state index contributed by atoms with van der Waals surface area (Å²) in [6, 6.07) is 2.26. The van der Waals surface area contributed by atoms with Crippen molar-refractivity contribution in [3.63, 3.8) is 0 Å². The predicted molar refractivity (Wildman–Crippen MR) is 77.8 cm³/mol. The molecule has 0 aromatic carbocycles. The average Bonchev–Trinajstić information content (AvgIpc) is 2.77. The molecule has 1 atom stereocenters. The molecule has 2 nitrogen and oxygen atoms in total. The van der Waals surface area contributed by atoms with E-state index >= 15 is 0 Å². The highest BCUT2D eigenvalue weighted by Gasteiger charge is 2.30. The van der Waals surface area contributed by atoms with Gasteiger partial charge in [-0.15, -0.1) is 0 Å². The van der Waals surface area contributed by atoms with Gasteiger partial charge in [0.1, 0.15) is 0 Å². The maximum atomic E-state index is 3.68. The molecular formula is C14H28N2S. The van der Waals surface area contributed by atoms with Crippen LogP contribution in [0.2, 0.25) is 0 Å². The summed E-state index contributed by atoms with van der Waals surface area (Å²) < 4.78 is 0. The van der Waals surface area contributed by atoms with Gasteiger partial charge in [0.05, 0.1) is 0 Å². The molecular weight excluding hydrogens is 228 g/mol. The smallest absolute Gasteiger partial charge is 0.0209 e. The summed E-state index contributed by atoms with van der Waals surface area (Å²) >= 11 is 2.07. The summed E-state index contributed by atoms with van der Waals surface area (Å²) in [7, 11) is 0. The Bertz CT molecular complexity index is 224. The zero-order valence-corrected chi connectivity index (χ0v) is 12.4. The molecule has 2 aliphatic rings. The highest BCUT2D eigenvalue weighted by Crippen LogP contribution is 2.31. The molecule has 2 fully saturated rings. The zero-order chi connectivity index (χ0) is 12.3. The first-order chi connectivity index (χ1) is 8.19. The fourth-order valence-corrected chi connectivity index (χ4v) is 4.12. The van der Waals surface area contributed by atoms with E-state index in [0.29, 0.717) is 6.04 Å². The van der Waals surface area contributed by atoms with Gasteiger partial charge in [-0.25, -0.2) is 0 Å². The molecule has 3 heteroatoms. The van der Waals surface area contributed by atoms with E-state index in [0.717, 1.165) is 17.3 Å². The lowest BCUT2D eigenvalue weighted by molar-refractivity contribution is 0.189. The van der Waals surface area contributed by atoms with Gasteiger partial charge in [0, 0.05) is 36.5 Å². The largest absolute Gasteiger partial charge is 0.310 e. The van der Waals surface area contributed by atoms with Gasteiger partial charge in [-0.05, 0) is 38.4 Å². The standard InChI is InChI=1S/C14H28N2S/c1-11(2)15-12-8-9-16(10-12)13-4-6-14(17-3)7-5-13/h11-15H,4-10H2,1-3H3. The summed E-state index contributed by atoms with van der Waals surface area (Å²) in [5.74, 6) is 0. The fraction of sp³-hybridized carbons (Fsp3) is 1.00. The lowest BCUT2D eigenvalue weighted by Crippen LogP contribution is -2.41. The number of nitrogens with one attached hydrogen (secondary N) is 1. The summed E-state index contributed by atoms with van der Waals surface area (Å²) in [6.45, 7) is 7.12. The zero-order valence-electron chi connectivity index (χ0n) is 11.6. The molecule has 1 unspecified atom stereocenters. The number of nitrogens with zero attached hydrogens (tertiary/aromatic N) is 1. The van der Waals surface area contributed by atoms with Crippen LogP contribution in [0.4, 0.5) is 0 Å². The Balaban J connectivity index is 1.73. The Hall–Kier alpha value is 0.270. The number of rotatable bonds is 4. The molecule has 1 N–H and O–H groups in total. The molecule has 100 valence electrons. The van der Waals surface area contributed by atoms with E-state index in [9.17, 15) is 0 Å². The number of hydrogen-bond acceptors (Lipinski definition) is 3. The van der Waals surface area contributed by atoms with Crippen LogP contribution >= 0.6 is 11.8 Å². The van der Waals surface area contributed by atoms with Crippen LogP contribution in [0.1, 0.15) is 46.0 Å². The van der Waals surface area contributed by atoms with Gasteiger partial charge in [-0.1, -0.05) is 13.8 Å². The van der Waals surface area contributed by atoms with E-state index < -0.39 is 0 Å². The van der Waals surface area contributed by atoms with Crippen molar-refractivity contribution < 1.29 is 0 Å². The van der Waals surface area contributed by atoms with Crippen molar-refractivity contribution in [3.8, 4) is 0 Å². The van der Waals surface area contributed by atoms with E-state index in [1.165, 1.54) is 45.2 Å². The highest BCUT2D eigenvalue weighted by atomic mass is 32.2. The Morgan fingerprint density at radius 2 is 1.82 bits per heavy atom. The minimum atomic E-state index is 0.632. The van der Waals surface area contributed by atoms with Crippen LogP contribution in [0.15, 0.2) is 0 Å². The van der Waals surface area contributed by atoms with Crippen LogP contribution < -0.4 is 5.32 Å². The fourth-order valence-electron chi connectivity index (χ4n) is 3.37. The monoisotopic (exact) mass is 256 g/mol. The second kappa shape index (κ2) is 6.44. The maximum absolute atomic E-state index is 3.68. The van der Waals surface area contributed by atoms with Crippen LogP contribution in [0.5, 0.6) is 0 Å². The third-order valence-corrected chi connectivity index (χ3v) is 5.42. The molecule has 1 aliphatic carbocycles. The summed E-state index contributed by atoms with van der Waals surface area (Å²) in [6.07, 6.45) is 9.35. The molecule has 0 aromatic rings. The van der Waals surface area contributed by atoms with Gasteiger partial charge in [0.2, 0.25) is 0 Å². The molecule has 17 heavy (non-hydrogen) atoms. The van der Waals surface area contributed by atoms with Crippen molar-refractivity contribution in [2.24, 2.45) is 0 Å². The third-order valence-electron chi connectivity index (χ3n) is 4.28. The van der Waals surface area contributed by atoms with E-state index in [1.807, 2.05) is 0 Å². The summed E-state index contributed by atoms with van der Waals surface area (Å²) in [5.41, 5.74) is 0. The predicted octanol–water partition coefficient (Wildman–Crippen LogP) is 2.73. The van der Waals surface area contributed by atoms with Gasteiger partial charge in [-0.2, -0.15) is 11.8 Å². The van der Waals surface area contributed by atoms with Gasteiger partial charge in [-0.3, -0.25) is 4.90 Å². The summed E-state index contributed by atoms with van der Waals surface area (Å²) in [4.78, 5) is 2.75. The van der Waals surface area contributed by atoms with Gasteiger partial charge >= 0.3 is 0 Å². The minimum absolute atomic E-state index is 0.632. The first-order valence-corrected chi connectivity index (χ1v) is 8.50. The summed E-state index contributed by atoms with van der Waals surface area (Å²) in [5, 5.41) is 4.63. The Kier molecular flexibility index (Phi) is 5.19. The lowest BCUT2D eigenvalue weighted by atomic mass is 9.94. The Morgan fingerprint density at radius 3 is 2.41 bits per heavy atom. The second-order valence-electron chi connectivity index (χ2n) is 5.97. The Labute approximate surface area is 111 Å². The molecule has 1 aliphatic heterocycles. The second-order valence-corrected chi connectivity index (χ2v) is 7.11. The van der Waals surface area contributed by atoms with Gasteiger partial charge in [0.25, 0.3) is 0 Å². The van der Waals surface area contributed by atoms with E-state index in [-0.39, 0.29) is 0 Å². The Morgan fingerprint density at radius 1 is 1.12 bits per heavy atom. The number of likely N-dealkylation sites (tertiary alicyclic amines) is 1. The van der Waals surface area contributed by atoms with Gasteiger partial charge in [0.15, 0.2) is 0 Å². The van der Waals surface area contributed by atoms with Crippen LogP contribution in [0.3, 0.4) is 0 Å². The van der Waals surface area contributed by atoms with Crippen LogP contribution in [0, 0.1) is 0 Å². The lowest BCUT2D eigenvalue weighted by Gasteiger charge is -2.34. The number of hydrogen-bond donors (Lipinski definition) is 1. The maximum Gasteiger partial charge on any atom is 0.0209 e. The number of thioether (sulfide) groups is 1. The van der Waals surface area contributed by atoms with E-state index in [2.05, 4.69) is 42.1 Å². The van der Waals surface area contributed by atoms with Crippen molar-refractivity contribution in [3.05, 3.63) is 0 Å². The molecule has 0 bridgehead atoms. The average molecular weight is 256 g/mol. The van der Waals surface area contributed by atoms with Crippen molar-refractivity contribution in [1.29, 1.82) is 0 Å². The van der Waals surface area contributed by atoms with Crippen molar-refractivity contribution in [2.45, 2.75) is 69.3 Å². The van der Waals surface area contributed by atoms with Crippen molar-refractivity contribution in [1.82, 2.24) is 10.2 Å². The topological polar surface area (TPSA) is 15.3 Å². The SMILES string of the molecule is CSC1CCC(N2CCC(NC(C)C)C2)CC1. The normalized spacial score (nSPS) is 35.6. The molecule has 1 saturated heterocycles. The first kappa shape index (κ1) is 13.7. The molecule has 2 rings (SSSR count). The first-order valence-electron chi connectivity index (χ1n) is 7.22.